The first-order chi connectivity index (χ1) is 17.8. The summed E-state index contributed by atoms with van der Waals surface area (Å²) in [4.78, 5) is 18.3. The molecule has 3 aliphatic rings. The van der Waals surface area contributed by atoms with Crippen LogP contribution in [-0.4, -0.2) is 41.5 Å². The Labute approximate surface area is 215 Å². The van der Waals surface area contributed by atoms with Crippen molar-refractivity contribution in [2.45, 2.75) is 70.3 Å². The molecule has 3 atom stereocenters. The van der Waals surface area contributed by atoms with Gasteiger partial charge < -0.3 is 19.6 Å². The maximum Gasteiger partial charge on any atom is 0.573 e. The molecule has 1 amide bonds. The zero-order valence-corrected chi connectivity index (χ0v) is 21.0. The number of amides is 1. The zero-order chi connectivity index (χ0) is 26.2. The van der Waals surface area contributed by atoms with Crippen LogP contribution >= 0.6 is 0 Å². The number of fused-ring (bicyclic) bond motifs is 2. The Morgan fingerprint density at radius 3 is 2.49 bits per heavy atom. The van der Waals surface area contributed by atoms with Crippen molar-refractivity contribution in [2.24, 2.45) is 5.92 Å². The standard InChI is InChI=1S/C29H33F3N2O3/c1-19(20-11-12-20)33(17-4-5-18-35)27-23-7-2-3-9-25(23)34(26-10-6-8-24(26)27)28(36)21-13-15-22(16-14-21)37-29(30,31)32/h2-3,7,9,13-16,24,26-27,35H,4-6,8,10-12,17-18H2,1H3. The molecule has 2 saturated carbocycles. The molecule has 2 fully saturated rings. The summed E-state index contributed by atoms with van der Waals surface area (Å²) >= 11 is 0. The Bertz CT molecular complexity index is 1160. The molecule has 3 unspecified atom stereocenters. The van der Waals surface area contributed by atoms with Gasteiger partial charge in [-0.1, -0.05) is 30.2 Å². The third kappa shape index (κ3) is 5.35. The van der Waals surface area contributed by atoms with Gasteiger partial charge in [0.1, 0.15) is 5.75 Å². The van der Waals surface area contributed by atoms with Crippen LogP contribution in [-0.2, 0) is 0 Å². The minimum Gasteiger partial charge on any atom is -0.406 e. The molecule has 37 heavy (non-hydrogen) atoms. The molecule has 0 radical (unpaired) electrons. The first-order valence-electron chi connectivity index (χ1n) is 13.1. The Hall–Kier alpha value is -3.00. The SMILES string of the molecule is CC(=C1CC1)N(CCCCO)C1c2ccccc2N(C(=O)c2ccc(OC(F)(F)F)cc2)C2CCCC12. The van der Waals surface area contributed by atoms with Crippen LogP contribution in [0.15, 0.2) is 59.8 Å². The number of hydrogen-bond donors (Lipinski definition) is 1. The molecule has 198 valence electrons. The monoisotopic (exact) mass is 514 g/mol. The number of aliphatic hydroxyl groups is 1. The smallest absolute Gasteiger partial charge is 0.406 e. The van der Waals surface area contributed by atoms with Crippen LogP contribution in [0.4, 0.5) is 18.9 Å². The molecule has 0 aromatic heterocycles. The molecule has 0 spiro atoms. The van der Waals surface area contributed by atoms with E-state index < -0.39 is 6.36 Å². The normalized spacial score (nSPS) is 22.4. The van der Waals surface area contributed by atoms with Crippen molar-refractivity contribution in [3.05, 3.63) is 70.9 Å². The van der Waals surface area contributed by atoms with Crippen LogP contribution in [0.5, 0.6) is 5.75 Å². The summed E-state index contributed by atoms with van der Waals surface area (Å²) in [6.07, 6.45) is 2.03. The van der Waals surface area contributed by atoms with Gasteiger partial charge in [-0.2, -0.15) is 0 Å². The van der Waals surface area contributed by atoms with E-state index in [2.05, 4.69) is 22.6 Å². The lowest BCUT2D eigenvalue weighted by atomic mass is 9.81. The highest BCUT2D eigenvalue weighted by Gasteiger charge is 2.48. The Kier molecular flexibility index (Phi) is 7.21. The number of benzene rings is 2. The average Bonchev–Trinajstić information content (AvgIpc) is 3.62. The minimum absolute atomic E-state index is 0.0100. The van der Waals surface area contributed by atoms with Crippen molar-refractivity contribution >= 4 is 11.6 Å². The van der Waals surface area contributed by atoms with Gasteiger partial charge in [-0.15, -0.1) is 13.2 Å². The summed E-state index contributed by atoms with van der Waals surface area (Å²) in [5.74, 6) is -0.301. The molecule has 5 rings (SSSR count). The second-order valence-electron chi connectivity index (χ2n) is 10.2. The molecule has 0 bridgehead atoms. The quantitative estimate of drug-likeness (QED) is 0.404. The predicted molar refractivity (Wildman–Crippen MR) is 135 cm³/mol. The molecular weight excluding hydrogens is 481 g/mol. The summed E-state index contributed by atoms with van der Waals surface area (Å²) in [6, 6.07) is 13.4. The largest absolute Gasteiger partial charge is 0.573 e. The Balaban J connectivity index is 1.50. The van der Waals surface area contributed by atoms with Crippen LogP contribution in [0, 0.1) is 5.92 Å². The van der Waals surface area contributed by atoms with Gasteiger partial charge in [-0.3, -0.25) is 4.79 Å². The molecule has 2 aliphatic carbocycles. The maximum absolute atomic E-state index is 13.9. The van der Waals surface area contributed by atoms with Gasteiger partial charge in [0.2, 0.25) is 0 Å². The number of halogens is 3. The van der Waals surface area contributed by atoms with Gasteiger partial charge in [0.05, 0.1) is 6.04 Å². The van der Waals surface area contributed by atoms with Gasteiger partial charge in [0.25, 0.3) is 5.91 Å². The molecule has 5 nitrogen and oxygen atoms in total. The number of nitrogens with zero attached hydrogens (tertiary/aromatic N) is 2. The number of allylic oxidation sites excluding steroid dienone is 2. The average molecular weight is 515 g/mol. The van der Waals surface area contributed by atoms with E-state index in [1.807, 2.05) is 23.1 Å². The molecule has 1 heterocycles. The topological polar surface area (TPSA) is 53.0 Å². The van der Waals surface area contributed by atoms with Crippen LogP contribution in [0.2, 0.25) is 0 Å². The fourth-order valence-electron chi connectivity index (χ4n) is 6.16. The number of unbranched alkanes of at least 4 members (excludes halogenated alkanes) is 1. The molecule has 2 aromatic rings. The third-order valence-corrected chi connectivity index (χ3v) is 7.92. The molecular formula is C29H33F3N2O3. The highest BCUT2D eigenvalue weighted by atomic mass is 19.4. The van der Waals surface area contributed by atoms with Crippen molar-refractivity contribution in [1.82, 2.24) is 4.90 Å². The fourth-order valence-corrected chi connectivity index (χ4v) is 6.16. The minimum atomic E-state index is -4.78. The van der Waals surface area contributed by atoms with Crippen molar-refractivity contribution in [3.63, 3.8) is 0 Å². The predicted octanol–water partition coefficient (Wildman–Crippen LogP) is 6.60. The summed E-state index contributed by atoms with van der Waals surface area (Å²) in [5, 5.41) is 9.40. The molecule has 2 aromatic carbocycles. The number of carbonyl (C=O) groups excluding carboxylic acids is 1. The van der Waals surface area contributed by atoms with E-state index in [4.69, 9.17) is 0 Å². The van der Waals surface area contributed by atoms with Gasteiger partial charge in [-0.05, 0) is 81.3 Å². The van der Waals surface area contributed by atoms with Crippen LogP contribution in [0.3, 0.4) is 0 Å². The number of alkyl halides is 3. The first-order valence-corrected chi connectivity index (χ1v) is 13.1. The van der Waals surface area contributed by atoms with E-state index in [0.717, 1.165) is 62.7 Å². The van der Waals surface area contributed by atoms with Crippen molar-refractivity contribution in [1.29, 1.82) is 0 Å². The summed E-state index contributed by atoms with van der Waals surface area (Å²) in [6.45, 7) is 3.23. The summed E-state index contributed by atoms with van der Waals surface area (Å²) in [5.41, 5.74) is 5.13. The highest BCUT2D eigenvalue weighted by Crippen LogP contribution is 2.52. The third-order valence-electron chi connectivity index (χ3n) is 7.92. The van der Waals surface area contributed by atoms with Gasteiger partial charge in [0.15, 0.2) is 0 Å². The molecule has 1 N–H and O–H groups in total. The summed E-state index contributed by atoms with van der Waals surface area (Å²) in [7, 11) is 0. The number of rotatable bonds is 8. The van der Waals surface area contributed by atoms with E-state index in [1.54, 1.807) is 0 Å². The van der Waals surface area contributed by atoms with E-state index in [9.17, 15) is 23.1 Å². The van der Waals surface area contributed by atoms with Crippen molar-refractivity contribution in [3.8, 4) is 5.75 Å². The van der Waals surface area contributed by atoms with Gasteiger partial charge in [-0.25, -0.2) is 0 Å². The maximum atomic E-state index is 13.9. The number of hydrogen-bond acceptors (Lipinski definition) is 4. The summed E-state index contributed by atoms with van der Waals surface area (Å²) < 4.78 is 41.8. The number of aliphatic hydroxyl groups excluding tert-OH is 1. The van der Waals surface area contributed by atoms with Crippen molar-refractivity contribution in [2.75, 3.05) is 18.1 Å². The molecule has 0 saturated heterocycles. The lowest BCUT2D eigenvalue weighted by molar-refractivity contribution is -0.274. The van der Waals surface area contributed by atoms with E-state index in [0.29, 0.717) is 5.56 Å². The lowest BCUT2D eigenvalue weighted by Crippen LogP contribution is -2.51. The number of para-hydroxylation sites is 1. The Morgan fingerprint density at radius 2 is 1.81 bits per heavy atom. The number of carbonyl (C=O) groups is 1. The van der Waals surface area contributed by atoms with E-state index in [-0.39, 0.29) is 36.3 Å². The Morgan fingerprint density at radius 1 is 1.08 bits per heavy atom. The van der Waals surface area contributed by atoms with E-state index >= 15 is 0 Å². The highest BCUT2D eigenvalue weighted by molar-refractivity contribution is 6.07. The van der Waals surface area contributed by atoms with Crippen molar-refractivity contribution < 1.29 is 27.8 Å². The fraction of sp³-hybridized carbons (Fsp3) is 0.483. The lowest BCUT2D eigenvalue weighted by Gasteiger charge is -2.48. The van der Waals surface area contributed by atoms with Crippen LogP contribution in [0.25, 0.3) is 0 Å². The van der Waals surface area contributed by atoms with Crippen LogP contribution in [0.1, 0.15) is 73.8 Å². The number of ether oxygens (including phenoxy) is 1. The van der Waals surface area contributed by atoms with E-state index in [1.165, 1.54) is 35.5 Å². The van der Waals surface area contributed by atoms with Gasteiger partial charge in [0, 0.05) is 42.1 Å². The van der Waals surface area contributed by atoms with Crippen LogP contribution < -0.4 is 9.64 Å². The zero-order valence-electron chi connectivity index (χ0n) is 21.0. The first kappa shape index (κ1) is 25.6. The molecule has 1 aliphatic heterocycles. The van der Waals surface area contributed by atoms with Gasteiger partial charge >= 0.3 is 6.36 Å². The second-order valence-corrected chi connectivity index (χ2v) is 10.2. The second kappa shape index (κ2) is 10.4. The molecule has 8 heteroatoms. The number of anilines is 1.